The molecule has 1 N–H and O–H groups in total. The predicted molar refractivity (Wildman–Crippen MR) is 87.0 cm³/mol. The van der Waals surface area contributed by atoms with Crippen LogP contribution in [-0.2, 0) is 0 Å². The number of rotatable bonds is 2. The van der Waals surface area contributed by atoms with Crippen LogP contribution in [0, 0.1) is 11.6 Å². The van der Waals surface area contributed by atoms with E-state index in [1.54, 1.807) is 24.3 Å². The zero-order valence-corrected chi connectivity index (χ0v) is 12.8. The van der Waals surface area contributed by atoms with E-state index in [9.17, 15) is 8.78 Å². The Labute approximate surface area is 135 Å². The molecule has 0 spiro atoms. The molecule has 2 aromatic rings. The first-order valence-corrected chi connectivity index (χ1v) is 7.73. The van der Waals surface area contributed by atoms with Crippen LogP contribution < -0.4 is 5.43 Å². The summed E-state index contributed by atoms with van der Waals surface area (Å²) in [6, 6.07) is 10.4. The quantitative estimate of drug-likeness (QED) is 0.884. The van der Waals surface area contributed by atoms with Gasteiger partial charge >= 0.3 is 0 Å². The number of thioether (sulfide) groups is 1. The number of hydrogen-bond acceptors (Lipinski definition) is 3. The second kappa shape index (κ2) is 6.46. The van der Waals surface area contributed by atoms with Crippen LogP contribution in [0.4, 0.5) is 14.5 Å². The molecule has 0 unspecified atom stereocenters. The standard InChI is InChI=1S/C15H10ClF2N3S/c16-9-1-4-11(5-2-9)19-15-21-20-14(8-22-15)12-7-10(17)3-6-13(12)18/h1-7H,8H2,(H,19,21). The molecule has 0 radical (unpaired) electrons. The minimum Gasteiger partial charge on any atom is -0.255 e. The van der Waals surface area contributed by atoms with Crippen molar-refractivity contribution in [2.24, 2.45) is 10.1 Å². The summed E-state index contributed by atoms with van der Waals surface area (Å²) >= 11 is 7.18. The normalized spacial score (nSPS) is 16.3. The van der Waals surface area contributed by atoms with Gasteiger partial charge in [0.25, 0.3) is 0 Å². The third-order valence-corrected chi connectivity index (χ3v) is 4.05. The van der Waals surface area contributed by atoms with E-state index in [0.29, 0.717) is 21.7 Å². The second-order valence-electron chi connectivity index (χ2n) is 4.48. The Hall–Kier alpha value is -1.92. The van der Waals surface area contributed by atoms with Gasteiger partial charge in [0.1, 0.15) is 11.6 Å². The van der Waals surface area contributed by atoms with Gasteiger partial charge in [-0.15, -0.1) is 0 Å². The van der Waals surface area contributed by atoms with E-state index < -0.39 is 11.6 Å². The SMILES string of the molecule is Fc1ccc(F)c(C2=NNC(=Nc3ccc(Cl)cc3)SC2)c1. The molecule has 0 aliphatic carbocycles. The highest BCUT2D eigenvalue weighted by atomic mass is 35.5. The molecule has 7 heteroatoms. The van der Waals surface area contributed by atoms with Crippen LogP contribution in [0.5, 0.6) is 0 Å². The topological polar surface area (TPSA) is 36.8 Å². The Kier molecular flexibility index (Phi) is 4.40. The fourth-order valence-corrected chi connectivity index (χ4v) is 2.76. The van der Waals surface area contributed by atoms with Gasteiger partial charge in [-0.2, -0.15) is 5.10 Å². The van der Waals surface area contributed by atoms with Crippen LogP contribution in [0.3, 0.4) is 0 Å². The van der Waals surface area contributed by atoms with E-state index in [4.69, 9.17) is 11.6 Å². The second-order valence-corrected chi connectivity index (χ2v) is 5.88. The highest BCUT2D eigenvalue weighted by Gasteiger charge is 2.17. The molecule has 3 rings (SSSR count). The van der Waals surface area contributed by atoms with E-state index in [1.807, 2.05) is 0 Å². The maximum Gasteiger partial charge on any atom is 0.182 e. The van der Waals surface area contributed by atoms with E-state index in [0.717, 1.165) is 23.9 Å². The highest BCUT2D eigenvalue weighted by molar-refractivity contribution is 8.14. The monoisotopic (exact) mass is 337 g/mol. The zero-order valence-electron chi connectivity index (χ0n) is 11.2. The van der Waals surface area contributed by atoms with Crippen molar-refractivity contribution in [3.05, 3.63) is 64.7 Å². The van der Waals surface area contributed by atoms with Crippen molar-refractivity contribution in [3.63, 3.8) is 0 Å². The highest BCUT2D eigenvalue weighted by Crippen LogP contribution is 2.21. The molecule has 1 heterocycles. The average Bonchev–Trinajstić information content (AvgIpc) is 2.53. The molecule has 0 atom stereocenters. The summed E-state index contributed by atoms with van der Waals surface area (Å²) in [7, 11) is 0. The van der Waals surface area contributed by atoms with Crippen molar-refractivity contribution in [1.82, 2.24) is 5.43 Å². The van der Waals surface area contributed by atoms with E-state index in [1.165, 1.54) is 11.8 Å². The molecule has 3 nitrogen and oxygen atoms in total. The van der Waals surface area contributed by atoms with Crippen LogP contribution in [0.15, 0.2) is 52.6 Å². The predicted octanol–water partition coefficient (Wildman–Crippen LogP) is 4.35. The number of nitrogens with one attached hydrogen (secondary N) is 1. The first-order valence-electron chi connectivity index (χ1n) is 6.37. The van der Waals surface area contributed by atoms with Crippen molar-refractivity contribution in [3.8, 4) is 0 Å². The maximum atomic E-state index is 13.7. The molecular formula is C15H10ClF2N3S. The Morgan fingerprint density at radius 1 is 1.14 bits per heavy atom. The van der Waals surface area contributed by atoms with Gasteiger partial charge in [0.15, 0.2) is 5.17 Å². The van der Waals surface area contributed by atoms with Crippen molar-refractivity contribution < 1.29 is 8.78 Å². The fourth-order valence-electron chi connectivity index (χ4n) is 1.86. The lowest BCUT2D eigenvalue weighted by Crippen LogP contribution is -2.25. The molecule has 0 bridgehead atoms. The molecule has 0 aromatic heterocycles. The number of hydrogen-bond donors (Lipinski definition) is 1. The van der Waals surface area contributed by atoms with Gasteiger partial charge in [0.2, 0.25) is 0 Å². The van der Waals surface area contributed by atoms with Gasteiger partial charge < -0.3 is 0 Å². The first-order chi connectivity index (χ1) is 10.6. The molecule has 0 saturated carbocycles. The summed E-state index contributed by atoms with van der Waals surface area (Å²) in [4.78, 5) is 4.36. The van der Waals surface area contributed by atoms with Gasteiger partial charge in [0.05, 0.1) is 11.4 Å². The molecule has 0 amide bonds. The Morgan fingerprint density at radius 3 is 2.59 bits per heavy atom. The summed E-state index contributed by atoms with van der Waals surface area (Å²) in [6.45, 7) is 0. The molecule has 0 saturated heterocycles. The number of benzene rings is 2. The van der Waals surface area contributed by atoms with Gasteiger partial charge in [-0.05, 0) is 42.5 Å². The lowest BCUT2D eigenvalue weighted by atomic mass is 10.1. The number of aliphatic imine (C=N–C) groups is 1. The molecule has 1 aliphatic heterocycles. The van der Waals surface area contributed by atoms with Crippen molar-refractivity contribution >= 4 is 39.9 Å². The largest absolute Gasteiger partial charge is 0.255 e. The summed E-state index contributed by atoms with van der Waals surface area (Å²) < 4.78 is 26.9. The van der Waals surface area contributed by atoms with Crippen LogP contribution in [0.2, 0.25) is 5.02 Å². The van der Waals surface area contributed by atoms with Gasteiger partial charge in [0, 0.05) is 16.3 Å². The third-order valence-electron chi connectivity index (χ3n) is 2.93. The number of amidine groups is 1. The van der Waals surface area contributed by atoms with Crippen LogP contribution in [0.25, 0.3) is 0 Å². The van der Waals surface area contributed by atoms with Crippen molar-refractivity contribution in [2.45, 2.75) is 0 Å². The molecule has 22 heavy (non-hydrogen) atoms. The van der Waals surface area contributed by atoms with Gasteiger partial charge in [-0.3, -0.25) is 5.43 Å². The molecule has 112 valence electrons. The molecular weight excluding hydrogens is 328 g/mol. The summed E-state index contributed by atoms with van der Waals surface area (Å²) in [5, 5.41) is 5.30. The number of halogens is 3. The summed E-state index contributed by atoms with van der Waals surface area (Å²) in [5.74, 6) is -0.592. The minimum atomic E-state index is -0.499. The van der Waals surface area contributed by atoms with E-state index in [-0.39, 0.29) is 5.56 Å². The summed E-state index contributed by atoms with van der Waals surface area (Å²) in [5.41, 5.74) is 4.09. The fraction of sp³-hybridized carbons (Fsp3) is 0.0667. The van der Waals surface area contributed by atoms with Crippen LogP contribution in [-0.4, -0.2) is 16.6 Å². The number of nitrogens with zero attached hydrogens (tertiary/aromatic N) is 2. The Morgan fingerprint density at radius 2 is 1.91 bits per heavy atom. The Bertz CT molecular complexity index is 760. The van der Waals surface area contributed by atoms with Gasteiger partial charge in [-0.25, -0.2) is 13.8 Å². The Balaban J connectivity index is 1.79. The van der Waals surface area contributed by atoms with E-state index >= 15 is 0 Å². The van der Waals surface area contributed by atoms with E-state index in [2.05, 4.69) is 15.5 Å². The number of hydrazone groups is 1. The molecule has 0 fully saturated rings. The maximum absolute atomic E-state index is 13.7. The van der Waals surface area contributed by atoms with Crippen LogP contribution in [0.1, 0.15) is 5.56 Å². The molecule has 1 aliphatic rings. The van der Waals surface area contributed by atoms with Crippen molar-refractivity contribution in [2.75, 3.05) is 5.75 Å². The third kappa shape index (κ3) is 3.45. The average molecular weight is 338 g/mol. The molecule has 2 aromatic carbocycles. The minimum absolute atomic E-state index is 0.158. The zero-order chi connectivity index (χ0) is 15.5. The lowest BCUT2D eigenvalue weighted by Gasteiger charge is -2.15. The first kappa shape index (κ1) is 15.0. The lowest BCUT2D eigenvalue weighted by molar-refractivity contribution is 0.598. The smallest absolute Gasteiger partial charge is 0.182 e. The van der Waals surface area contributed by atoms with Crippen LogP contribution >= 0.6 is 23.4 Å². The van der Waals surface area contributed by atoms with Gasteiger partial charge in [-0.1, -0.05) is 23.4 Å². The summed E-state index contributed by atoms with van der Waals surface area (Å²) in [6.07, 6.45) is 0. The van der Waals surface area contributed by atoms with Crippen molar-refractivity contribution in [1.29, 1.82) is 0 Å².